The van der Waals surface area contributed by atoms with E-state index in [1.807, 2.05) is 25.7 Å². The Balaban J connectivity index is 1.96. The molecule has 0 fully saturated rings. The van der Waals surface area contributed by atoms with Crippen molar-refractivity contribution in [3.05, 3.63) is 20.8 Å². The van der Waals surface area contributed by atoms with Gasteiger partial charge in [0, 0.05) is 24.5 Å². The molecule has 2 aromatic heterocycles. The first-order valence-corrected chi connectivity index (χ1v) is 11.3. The highest BCUT2D eigenvalue weighted by atomic mass is 32.2. The molecule has 7 heteroatoms. The summed E-state index contributed by atoms with van der Waals surface area (Å²) in [7, 11) is 0. The SMILES string of the molecule is CCN(CC)C(=O)CSc1nc2sc3c(c2c(=O)n1CC)CC[C@H](C)C3. The van der Waals surface area contributed by atoms with Crippen LogP contribution in [0.25, 0.3) is 10.2 Å². The first-order valence-electron chi connectivity index (χ1n) is 9.45. The van der Waals surface area contributed by atoms with Gasteiger partial charge in [-0.1, -0.05) is 18.7 Å². The molecule has 5 nitrogen and oxygen atoms in total. The van der Waals surface area contributed by atoms with E-state index in [-0.39, 0.29) is 11.5 Å². The number of fused-ring (bicyclic) bond motifs is 3. The lowest BCUT2D eigenvalue weighted by Gasteiger charge is -2.19. The molecule has 0 bridgehead atoms. The van der Waals surface area contributed by atoms with Crippen molar-refractivity contribution in [2.24, 2.45) is 5.92 Å². The van der Waals surface area contributed by atoms with Crippen molar-refractivity contribution >= 4 is 39.2 Å². The quantitative estimate of drug-likeness (QED) is 0.556. The van der Waals surface area contributed by atoms with Crippen LogP contribution in [-0.4, -0.2) is 39.2 Å². The normalized spacial score (nSPS) is 16.7. The summed E-state index contributed by atoms with van der Waals surface area (Å²) < 4.78 is 1.73. The molecule has 1 atom stereocenters. The summed E-state index contributed by atoms with van der Waals surface area (Å²) in [6, 6.07) is 0. The first-order chi connectivity index (χ1) is 12.5. The third kappa shape index (κ3) is 3.56. The van der Waals surface area contributed by atoms with Crippen LogP contribution in [0.15, 0.2) is 9.95 Å². The number of hydrogen-bond acceptors (Lipinski definition) is 5. The van der Waals surface area contributed by atoms with Gasteiger partial charge in [0.05, 0.1) is 11.1 Å². The largest absolute Gasteiger partial charge is 0.343 e. The summed E-state index contributed by atoms with van der Waals surface area (Å²) in [5.74, 6) is 1.09. The van der Waals surface area contributed by atoms with E-state index in [9.17, 15) is 9.59 Å². The van der Waals surface area contributed by atoms with E-state index in [1.54, 1.807) is 15.9 Å². The molecule has 0 aromatic carbocycles. The van der Waals surface area contributed by atoms with Crippen LogP contribution in [0.5, 0.6) is 0 Å². The Bertz CT molecular complexity index is 868. The van der Waals surface area contributed by atoms with Gasteiger partial charge in [-0.2, -0.15) is 0 Å². The van der Waals surface area contributed by atoms with Gasteiger partial charge in [-0.3, -0.25) is 14.2 Å². The van der Waals surface area contributed by atoms with Crippen molar-refractivity contribution in [1.29, 1.82) is 0 Å². The predicted octanol–water partition coefficient (Wildman–Crippen LogP) is 3.56. The summed E-state index contributed by atoms with van der Waals surface area (Å²) in [5, 5.41) is 1.48. The molecular formula is C19H27N3O2S2. The number of aromatic nitrogens is 2. The number of rotatable bonds is 6. The highest BCUT2D eigenvalue weighted by Crippen LogP contribution is 2.36. The van der Waals surface area contributed by atoms with Crippen LogP contribution in [0.3, 0.4) is 0 Å². The topological polar surface area (TPSA) is 55.2 Å². The number of nitrogens with zero attached hydrogens (tertiary/aromatic N) is 3. The van der Waals surface area contributed by atoms with Crippen LogP contribution in [-0.2, 0) is 24.2 Å². The minimum absolute atomic E-state index is 0.0577. The lowest BCUT2D eigenvalue weighted by molar-refractivity contribution is -0.127. The number of carbonyl (C=O) groups is 1. The Kier molecular flexibility index (Phi) is 6.07. The monoisotopic (exact) mass is 393 g/mol. The molecule has 142 valence electrons. The van der Waals surface area contributed by atoms with E-state index in [0.29, 0.717) is 36.5 Å². The third-order valence-electron chi connectivity index (χ3n) is 5.14. The van der Waals surface area contributed by atoms with Gasteiger partial charge in [0.2, 0.25) is 5.91 Å². The van der Waals surface area contributed by atoms with E-state index >= 15 is 0 Å². The fourth-order valence-corrected chi connectivity index (χ4v) is 5.98. The zero-order chi connectivity index (χ0) is 18.8. The highest BCUT2D eigenvalue weighted by Gasteiger charge is 2.24. The zero-order valence-electron chi connectivity index (χ0n) is 16.0. The van der Waals surface area contributed by atoms with Crippen LogP contribution in [0, 0.1) is 5.92 Å². The van der Waals surface area contributed by atoms with Crippen molar-refractivity contribution in [3.63, 3.8) is 0 Å². The van der Waals surface area contributed by atoms with Crippen LogP contribution in [0.1, 0.15) is 44.6 Å². The summed E-state index contributed by atoms with van der Waals surface area (Å²) in [6.45, 7) is 10.2. The van der Waals surface area contributed by atoms with E-state index in [1.165, 1.54) is 22.2 Å². The van der Waals surface area contributed by atoms with E-state index in [2.05, 4.69) is 6.92 Å². The van der Waals surface area contributed by atoms with Crippen LogP contribution in [0.2, 0.25) is 0 Å². The molecule has 0 aliphatic heterocycles. The molecule has 0 radical (unpaired) electrons. The highest BCUT2D eigenvalue weighted by molar-refractivity contribution is 7.99. The predicted molar refractivity (Wildman–Crippen MR) is 109 cm³/mol. The molecule has 2 heterocycles. The number of thioether (sulfide) groups is 1. The molecule has 0 N–H and O–H groups in total. The van der Waals surface area contributed by atoms with Crippen molar-refractivity contribution in [3.8, 4) is 0 Å². The Morgan fingerprint density at radius 3 is 2.73 bits per heavy atom. The summed E-state index contributed by atoms with van der Waals surface area (Å²) >= 11 is 3.05. The second-order valence-electron chi connectivity index (χ2n) is 6.83. The second-order valence-corrected chi connectivity index (χ2v) is 8.86. The smallest absolute Gasteiger partial charge is 0.263 e. The van der Waals surface area contributed by atoms with Crippen LogP contribution >= 0.6 is 23.1 Å². The maximum Gasteiger partial charge on any atom is 0.263 e. The molecule has 0 saturated heterocycles. The minimum Gasteiger partial charge on any atom is -0.343 e. The van der Waals surface area contributed by atoms with Crippen molar-refractivity contribution in [2.45, 2.75) is 58.7 Å². The molecule has 3 rings (SSSR count). The summed E-state index contributed by atoms with van der Waals surface area (Å²) in [5.41, 5.74) is 1.28. The third-order valence-corrected chi connectivity index (χ3v) is 7.25. The Hall–Kier alpha value is -1.34. The lowest BCUT2D eigenvalue weighted by atomic mass is 9.89. The second kappa shape index (κ2) is 8.13. The Labute approximate surface area is 162 Å². The first kappa shape index (κ1) is 19.4. The molecule has 1 aliphatic carbocycles. The molecule has 1 aliphatic rings. The summed E-state index contributed by atoms with van der Waals surface area (Å²) in [6.07, 6.45) is 3.16. The standard InChI is InChI=1S/C19H27N3O2S2/c1-5-21(6-2)15(23)11-25-19-20-17-16(18(24)22(19)7-3)13-9-8-12(4)10-14(13)26-17/h12H,5-11H2,1-4H3/t12-/m0/s1. The number of carbonyl (C=O) groups excluding carboxylic acids is 1. The number of hydrogen-bond donors (Lipinski definition) is 0. The van der Waals surface area contributed by atoms with Crippen LogP contribution in [0.4, 0.5) is 0 Å². The molecular weight excluding hydrogens is 366 g/mol. The van der Waals surface area contributed by atoms with Gasteiger partial charge in [0.25, 0.3) is 5.56 Å². The minimum atomic E-state index is 0.0577. The van der Waals surface area contributed by atoms with Crippen molar-refractivity contribution in [2.75, 3.05) is 18.8 Å². The molecule has 0 spiro atoms. The maximum absolute atomic E-state index is 13.1. The molecule has 0 saturated carbocycles. The van der Waals surface area contributed by atoms with E-state index in [4.69, 9.17) is 4.98 Å². The van der Waals surface area contributed by atoms with Gasteiger partial charge in [-0.15, -0.1) is 11.3 Å². The van der Waals surface area contributed by atoms with Crippen LogP contribution < -0.4 is 5.56 Å². The maximum atomic E-state index is 13.1. The molecule has 2 aromatic rings. The van der Waals surface area contributed by atoms with Gasteiger partial charge in [-0.05, 0) is 51.5 Å². The number of thiophene rings is 1. The average molecular weight is 394 g/mol. The number of amides is 1. The average Bonchev–Trinajstić information content (AvgIpc) is 2.98. The fourth-order valence-electron chi connectivity index (χ4n) is 3.59. The Morgan fingerprint density at radius 2 is 2.08 bits per heavy atom. The van der Waals surface area contributed by atoms with Crippen molar-refractivity contribution < 1.29 is 4.79 Å². The summed E-state index contributed by atoms with van der Waals surface area (Å²) in [4.78, 5) is 34.2. The lowest BCUT2D eigenvalue weighted by Crippen LogP contribution is -2.32. The van der Waals surface area contributed by atoms with E-state index < -0.39 is 0 Å². The number of aryl methyl sites for hydroxylation is 1. The van der Waals surface area contributed by atoms with E-state index in [0.717, 1.165) is 29.5 Å². The van der Waals surface area contributed by atoms with Gasteiger partial charge >= 0.3 is 0 Å². The van der Waals surface area contributed by atoms with Gasteiger partial charge in [0.1, 0.15) is 4.83 Å². The molecule has 26 heavy (non-hydrogen) atoms. The Morgan fingerprint density at radius 1 is 1.35 bits per heavy atom. The zero-order valence-corrected chi connectivity index (χ0v) is 17.6. The fraction of sp³-hybridized carbons (Fsp3) is 0.632. The van der Waals surface area contributed by atoms with Gasteiger partial charge in [-0.25, -0.2) is 4.98 Å². The van der Waals surface area contributed by atoms with Gasteiger partial charge < -0.3 is 4.90 Å². The molecule has 0 unspecified atom stereocenters. The molecule has 1 amide bonds. The van der Waals surface area contributed by atoms with Gasteiger partial charge in [0.15, 0.2) is 5.16 Å². The van der Waals surface area contributed by atoms with Crippen molar-refractivity contribution in [1.82, 2.24) is 14.5 Å².